The maximum atomic E-state index is 11.2. The van der Waals surface area contributed by atoms with Crippen LogP contribution in [0.5, 0.6) is 0 Å². The first-order valence-electron chi connectivity index (χ1n) is 5.06. The normalized spacial score (nSPS) is 11.9. The van der Waals surface area contributed by atoms with E-state index in [4.69, 9.17) is 0 Å². The van der Waals surface area contributed by atoms with E-state index in [0.29, 0.717) is 0 Å². The Labute approximate surface area is 96.2 Å². The Hall–Kier alpha value is -1.52. The number of hydrogen-bond acceptors (Lipinski definition) is 3. The third-order valence-corrected chi connectivity index (χ3v) is 2.22. The van der Waals surface area contributed by atoms with Gasteiger partial charge in [-0.15, -0.1) is 0 Å². The quantitative estimate of drug-likeness (QED) is 0.718. The Morgan fingerprint density at radius 1 is 1.31 bits per heavy atom. The number of methoxy groups -OCH3 is 1. The van der Waals surface area contributed by atoms with Crippen molar-refractivity contribution < 1.29 is 14.3 Å². The summed E-state index contributed by atoms with van der Waals surface area (Å²) in [4.78, 5) is 22.0. The van der Waals surface area contributed by atoms with Gasteiger partial charge in [0.05, 0.1) is 7.11 Å². The summed E-state index contributed by atoms with van der Waals surface area (Å²) in [6.07, 6.45) is 1.63. The second-order valence-corrected chi connectivity index (χ2v) is 4.48. The van der Waals surface area contributed by atoms with Crippen LogP contribution in [0.25, 0.3) is 0 Å². The minimum Gasteiger partial charge on any atom is -0.468 e. The molecule has 16 heavy (non-hydrogen) atoms. The summed E-state index contributed by atoms with van der Waals surface area (Å²) in [6, 6.07) is -0.422. The van der Waals surface area contributed by atoms with Gasteiger partial charge in [-0.1, -0.05) is 26.3 Å². The number of hydrogen-bond donors (Lipinski definition) is 2. The van der Waals surface area contributed by atoms with Gasteiger partial charge in [0.1, 0.15) is 6.54 Å². The second-order valence-electron chi connectivity index (χ2n) is 4.48. The van der Waals surface area contributed by atoms with E-state index in [2.05, 4.69) is 15.4 Å². The van der Waals surface area contributed by atoms with Crippen molar-refractivity contribution in [3.05, 3.63) is 11.8 Å². The Balaban J connectivity index is 4.03. The molecule has 0 heterocycles. The lowest BCUT2D eigenvalue weighted by atomic mass is 9.88. The highest BCUT2D eigenvalue weighted by atomic mass is 16.5. The fourth-order valence-corrected chi connectivity index (χ4v) is 0.666. The highest BCUT2D eigenvalue weighted by Crippen LogP contribution is 2.23. The molecule has 0 aliphatic carbocycles. The predicted molar refractivity (Wildman–Crippen MR) is 61.8 cm³/mol. The van der Waals surface area contributed by atoms with Crippen LogP contribution in [-0.2, 0) is 9.53 Å². The average molecular weight is 228 g/mol. The van der Waals surface area contributed by atoms with E-state index in [1.807, 2.05) is 27.7 Å². The molecule has 0 bridgehead atoms. The molecule has 0 radical (unpaired) electrons. The monoisotopic (exact) mass is 228 g/mol. The van der Waals surface area contributed by atoms with E-state index in [1.165, 1.54) is 7.11 Å². The zero-order chi connectivity index (χ0) is 12.8. The molecule has 92 valence electrons. The number of nitrogens with one attached hydrogen (secondary N) is 2. The maximum Gasteiger partial charge on any atom is 0.325 e. The van der Waals surface area contributed by atoms with E-state index in [-0.39, 0.29) is 12.0 Å². The van der Waals surface area contributed by atoms with Gasteiger partial charge in [0.2, 0.25) is 0 Å². The third kappa shape index (κ3) is 6.06. The molecule has 2 N–H and O–H groups in total. The molecule has 0 atom stereocenters. The minimum absolute atomic E-state index is 0.00955. The smallest absolute Gasteiger partial charge is 0.325 e. The summed E-state index contributed by atoms with van der Waals surface area (Å²) in [5.41, 5.74) is 1.05. The van der Waals surface area contributed by atoms with Crippen molar-refractivity contribution in [2.24, 2.45) is 5.41 Å². The van der Waals surface area contributed by atoms with Crippen LogP contribution in [0.3, 0.4) is 0 Å². The van der Waals surface area contributed by atoms with Crippen LogP contribution in [0, 0.1) is 5.41 Å². The summed E-state index contributed by atoms with van der Waals surface area (Å²) in [7, 11) is 1.27. The summed E-state index contributed by atoms with van der Waals surface area (Å²) in [5.74, 6) is -0.480. The van der Waals surface area contributed by atoms with Crippen LogP contribution in [0.4, 0.5) is 4.79 Å². The zero-order valence-corrected chi connectivity index (χ0v) is 10.5. The van der Waals surface area contributed by atoms with Crippen LogP contribution >= 0.6 is 0 Å². The lowest BCUT2D eigenvalue weighted by Crippen LogP contribution is -2.36. The molecule has 0 saturated carbocycles. The first-order chi connectivity index (χ1) is 7.27. The van der Waals surface area contributed by atoms with Crippen LogP contribution in [0.2, 0.25) is 0 Å². The van der Waals surface area contributed by atoms with Crippen molar-refractivity contribution in [2.45, 2.75) is 27.7 Å². The van der Waals surface area contributed by atoms with Gasteiger partial charge < -0.3 is 15.4 Å². The molecule has 0 saturated heterocycles. The first-order valence-corrected chi connectivity index (χ1v) is 5.06. The van der Waals surface area contributed by atoms with Crippen LogP contribution in [-0.4, -0.2) is 25.7 Å². The largest absolute Gasteiger partial charge is 0.468 e. The molecule has 0 aromatic heterocycles. The molecule has 0 fully saturated rings. The number of amides is 2. The Bertz CT molecular complexity index is 290. The Morgan fingerprint density at radius 2 is 1.88 bits per heavy atom. The molecule has 0 aliphatic heterocycles. The SMILES string of the molecule is COC(=O)CNC(=O)N/C=C(\C)C(C)(C)C. The molecule has 2 amide bonds. The highest BCUT2D eigenvalue weighted by Gasteiger charge is 2.12. The average Bonchev–Trinajstić information content (AvgIpc) is 2.20. The van der Waals surface area contributed by atoms with Crippen LogP contribution in [0.1, 0.15) is 27.7 Å². The Kier molecular flexibility index (Phi) is 5.56. The van der Waals surface area contributed by atoms with Crippen molar-refractivity contribution in [1.29, 1.82) is 0 Å². The summed E-state index contributed by atoms with van der Waals surface area (Å²) >= 11 is 0. The Morgan fingerprint density at radius 3 is 2.31 bits per heavy atom. The molecular weight excluding hydrogens is 208 g/mol. The number of urea groups is 1. The number of esters is 1. The second kappa shape index (κ2) is 6.15. The highest BCUT2D eigenvalue weighted by molar-refractivity contribution is 5.81. The predicted octanol–water partition coefficient (Wildman–Crippen LogP) is 1.41. The maximum absolute atomic E-state index is 11.2. The third-order valence-electron chi connectivity index (χ3n) is 2.22. The van der Waals surface area contributed by atoms with Crippen molar-refractivity contribution in [3.8, 4) is 0 Å². The summed E-state index contributed by atoms with van der Waals surface area (Å²) in [6.45, 7) is 7.94. The van der Waals surface area contributed by atoms with Crippen molar-refractivity contribution in [1.82, 2.24) is 10.6 Å². The van der Waals surface area contributed by atoms with Gasteiger partial charge in [-0.25, -0.2) is 4.79 Å². The minimum atomic E-state index is -0.480. The molecule has 0 spiro atoms. The number of rotatable bonds is 3. The van der Waals surface area contributed by atoms with E-state index < -0.39 is 12.0 Å². The fourth-order valence-electron chi connectivity index (χ4n) is 0.666. The number of carbonyl (C=O) groups is 2. The first kappa shape index (κ1) is 14.5. The summed E-state index contributed by atoms with van der Waals surface area (Å²) in [5, 5.41) is 4.92. The van der Waals surface area contributed by atoms with Gasteiger partial charge in [0, 0.05) is 6.20 Å². The van der Waals surface area contributed by atoms with Gasteiger partial charge in [-0.2, -0.15) is 0 Å². The summed E-state index contributed by atoms with van der Waals surface area (Å²) < 4.78 is 4.38. The molecule has 5 nitrogen and oxygen atoms in total. The molecular formula is C11H20N2O3. The lowest BCUT2D eigenvalue weighted by Gasteiger charge is -2.19. The van der Waals surface area contributed by atoms with Crippen molar-refractivity contribution >= 4 is 12.0 Å². The van der Waals surface area contributed by atoms with Gasteiger partial charge >= 0.3 is 12.0 Å². The van der Waals surface area contributed by atoms with Gasteiger partial charge in [0.25, 0.3) is 0 Å². The molecule has 0 aromatic carbocycles. The van der Waals surface area contributed by atoms with E-state index >= 15 is 0 Å². The van der Waals surface area contributed by atoms with E-state index in [1.54, 1.807) is 6.20 Å². The van der Waals surface area contributed by atoms with E-state index in [9.17, 15) is 9.59 Å². The van der Waals surface area contributed by atoms with Crippen molar-refractivity contribution in [2.75, 3.05) is 13.7 Å². The van der Waals surface area contributed by atoms with Crippen molar-refractivity contribution in [3.63, 3.8) is 0 Å². The number of allylic oxidation sites excluding steroid dienone is 1. The molecule has 0 unspecified atom stereocenters. The van der Waals surface area contributed by atoms with Gasteiger partial charge in [-0.05, 0) is 12.3 Å². The molecule has 0 aromatic rings. The lowest BCUT2D eigenvalue weighted by molar-refractivity contribution is -0.139. The topological polar surface area (TPSA) is 67.4 Å². The number of ether oxygens (including phenoxy) is 1. The van der Waals surface area contributed by atoms with E-state index in [0.717, 1.165) is 5.57 Å². The van der Waals surface area contributed by atoms with Crippen LogP contribution < -0.4 is 10.6 Å². The number of carbonyl (C=O) groups excluding carboxylic acids is 2. The van der Waals surface area contributed by atoms with Crippen LogP contribution in [0.15, 0.2) is 11.8 Å². The standard InChI is InChI=1S/C11H20N2O3/c1-8(11(2,3)4)6-12-10(15)13-7-9(14)16-5/h6H,7H2,1-5H3,(H2,12,13,15)/b8-6+. The molecule has 0 rings (SSSR count). The van der Waals surface area contributed by atoms with Gasteiger partial charge in [0.15, 0.2) is 0 Å². The molecule has 5 heteroatoms. The fraction of sp³-hybridized carbons (Fsp3) is 0.636. The molecule has 0 aliphatic rings. The zero-order valence-electron chi connectivity index (χ0n) is 10.5. The van der Waals surface area contributed by atoms with Gasteiger partial charge in [-0.3, -0.25) is 4.79 Å².